The highest BCUT2D eigenvalue weighted by atomic mass is 16.5. The zero-order valence-electron chi connectivity index (χ0n) is 22.2. The van der Waals surface area contributed by atoms with E-state index in [-0.39, 0.29) is 0 Å². The van der Waals surface area contributed by atoms with Gasteiger partial charge in [-0.15, -0.1) is 0 Å². The summed E-state index contributed by atoms with van der Waals surface area (Å²) < 4.78 is 5.49. The lowest BCUT2D eigenvalue weighted by Gasteiger charge is -2.35. The topological polar surface area (TPSA) is 122 Å². The van der Waals surface area contributed by atoms with E-state index < -0.39 is 5.60 Å². The quantitative estimate of drug-likeness (QED) is 0.410. The Labute approximate surface area is 223 Å². The summed E-state index contributed by atoms with van der Waals surface area (Å²) in [6.07, 6.45) is 3.55. The number of likely N-dealkylation sites (N-methyl/N-ethyl adjacent to an activating group) is 1. The monoisotopic (exact) mass is 514 g/mol. The van der Waals surface area contributed by atoms with Gasteiger partial charge in [0.15, 0.2) is 5.82 Å². The van der Waals surface area contributed by atoms with E-state index in [9.17, 15) is 10.4 Å². The number of methoxy groups -OCH3 is 1. The highest BCUT2D eigenvalue weighted by molar-refractivity contribution is 5.66. The van der Waals surface area contributed by atoms with Crippen molar-refractivity contribution in [2.45, 2.75) is 38.4 Å². The normalized spacial score (nSPS) is 19.2. The Morgan fingerprint density at radius 1 is 1.13 bits per heavy atom. The molecule has 3 heterocycles. The second-order valence-corrected chi connectivity index (χ2v) is 9.97. The summed E-state index contributed by atoms with van der Waals surface area (Å²) >= 11 is 0. The number of nitriles is 1. The molecule has 10 heteroatoms. The Morgan fingerprint density at radius 2 is 1.95 bits per heavy atom. The maximum atomic E-state index is 10.9. The van der Waals surface area contributed by atoms with Crippen LogP contribution in [0.15, 0.2) is 36.5 Å². The molecule has 5 rings (SSSR count). The van der Waals surface area contributed by atoms with Crippen molar-refractivity contribution < 1.29 is 9.84 Å². The van der Waals surface area contributed by atoms with Gasteiger partial charge in [-0.05, 0) is 56.1 Å². The van der Waals surface area contributed by atoms with Crippen molar-refractivity contribution in [2.75, 3.05) is 55.9 Å². The standard InChI is InChI=1S/C28H34N8O2/c1-4-28(37)10-9-19-5-8-24(32-25(19)28)33-26-21(16-29)17-30-27(34-26)31-22-6-7-23(20(15-22)18-38-3)36-13-11-35(2)12-14-36/h5-8,15,17,37H,4,9-14,18H2,1-3H3,(H2,30,31,32,33,34). The van der Waals surface area contributed by atoms with Crippen LogP contribution in [0.3, 0.4) is 0 Å². The number of hydrogen-bond acceptors (Lipinski definition) is 10. The van der Waals surface area contributed by atoms with E-state index >= 15 is 0 Å². The number of nitrogens with zero attached hydrogens (tertiary/aromatic N) is 6. The molecule has 1 saturated heterocycles. The van der Waals surface area contributed by atoms with E-state index in [0.717, 1.165) is 49.4 Å². The first-order valence-corrected chi connectivity index (χ1v) is 13.0. The molecule has 0 saturated carbocycles. The number of nitrogens with one attached hydrogen (secondary N) is 2. The van der Waals surface area contributed by atoms with E-state index in [4.69, 9.17) is 4.74 Å². The molecular formula is C28H34N8O2. The van der Waals surface area contributed by atoms with Gasteiger partial charge in [0.2, 0.25) is 5.95 Å². The summed E-state index contributed by atoms with van der Waals surface area (Å²) in [6, 6.07) is 12.1. The largest absolute Gasteiger partial charge is 0.384 e. The van der Waals surface area contributed by atoms with Crippen molar-refractivity contribution in [1.29, 1.82) is 5.26 Å². The van der Waals surface area contributed by atoms with Crippen LogP contribution in [0.4, 0.5) is 29.0 Å². The fourth-order valence-corrected chi connectivity index (χ4v) is 5.13. The van der Waals surface area contributed by atoms with Crippen LogP contribution in [-0.4, -0.2) is 65.3 Å². The van der Waals surface area contributed by atoms with Gasteiger partial charge in [0.1, 0.15) is 23.1 Å². The molecule has 2 aromatic heterocycles. The number of aliphatic hydroxyl groups is 1. The number of anilines is 5. The summed E-state index contributed by atoms with van der Waals surface area (Å²) in [6.45, 7) is 6.45. The van der Waals surface area contributed by atoms with E-state index in [0.29, 0.717) is 48.3 Å². The van der Waals surface area contributed by atoms with Crippen molar-refractivity contribution >= 4 is 29.0 Å². The number of pyridine rings is 1. The molecule has 1 unspecified atom stereocenters. The molecule has 0 radical (unpaired) electrons. The van der Waals surface area contributed by atoms with Crippen LogP contribution in [-0.2, 0) is 23.4 Å². The van der Waals surface area contributed by atoms with E-state index in [1.807, 2.05) is 25.1 Å². The Hall–Kier alpha value is -3.78. The predicted octanol–water partition coefficient (Wildman–Crippen LogP) is 3.67. The van der Waals surface area contributed by atoms with Gasteiger partial charge in [-0.3, -0.25) is 0 Å². The SMILES string of the molecule is CCC1(O)CCc2ccc(Nc3nc(Nc4ccc(N5CCN(C)CC5)c(COC)c4)ncc3C#N)nc21. The van der Waals surface area contributed by atoms with Gasteiger partial charge in [0.25, 0.3) is 0 Å². The first-order valence-electron chi connectivity index (χ1n) is 13.0. The smallest absolute Gasteiger partial charge is 0.229 e. The van der Waals surface area contributed by atoms with E-state index in [2.05, 4.69) is 60.6 Å². The van der Waals surface area contributed by atoms with Crippen molar-refractivity contribution in [3.8, 4) is 6.07 Å². The molecule has 3 N–H and O–H groups in total. The molecule has 1 atom stereocenters. The molecule has 198 valence electrons. The summed E-state index contributed by atoms with van der Waals surface area (Å²) in [5.74, 6) is 1.23. The zero-order valence-corrected chi connectivity index (χ0v) is 22.2. The number of fused-ring (bicyclic) bond motifs is 1. The lowest BCUT2D eigenvalue weighted by molar-refractivity contribution is 0.0307. The van der Waals surface area contributed by atoms with E-state index in [1.54, 1.807) is 7.11 Å². The molecule has 0 bridgehead atoms. The highest BCUT2D eigenvalue weighted by Gasteiger charge is 2.36. The van der Waals surface area contributed by atoms with Crippen LogP contribution >= 0.6 is 0 Å². The van der Waals surface area contributed by atoms with Crippen LogP contribution in [0.1, 0.15) is 42.1 Å². The van der Waals surface area contributed by atoms with Crippen LogP contribution in [0.25, 0.3) is 0 Å². The summed E-state index contributed by atoms with van der Waals surface area (Å²) in [5.41, 5.74) is 4.21. The average molecular weight is 515 g/mol. The van der Waals surface area contributed by atoms with Gasteiger partial charge in [-0.1, -0.05) is 13.0 Å². The molecule has 1 aliphatic heterocycles. The van der Waals surface area contributed by atoms with Crippen molar-refractivity contribution in [1.82, 2.24) is 19.9 Å². The molecule has 0 spiro atoms. The predicted molar refractivity (Wildman–Crippen MR) is 147 cm³/mol. The van der Waals surface area contributed by atoms with Crippen LogP contribution in [0, 0.1) is 11.3 Å². The first kappa shape index (κ1) is 25.9. The molecule has 1 aliphatic carbocycles. The van der Waals surface area contributed by atoms with Crippen molar-refractivity contribution in [3.05, 3.63) is 58.9 Å². The molecule has 1 aromatic carbocycles. The van der Waals surface area contributed by atoms with Gasteiger partial charge in [-0.2, -0.15) is 10.2 Å². The Morgan fingerprint density at radius 3 is 2.68 bits per heavy atom. The highest BCUT2D eigenvalue weighted by Crippen LogP contribution is 2.39. The first-order chi connectivity index (χ1) is 18.4. The third-order valence-corrected chi connectivity index (χ3v) is 7.45. The number of rotatable bonds is 8. The molecular weight excluding hydrogens is 480 g/mol. The second-order valence-electron chi connectivity index (χ2n) is 9.97. The number of aromatic nitrogens is 3. The van der Waals surface area contributed by atoms with Crippen LogP contribution in [0.5, 0.6) is 0 Å². The number of aryl methyl sites for hydroxylation is 1. The third-order valence-electron chi connectivity index (χ3n) is 7.45. The Balaban J connectivity index is 1.38. The lowest BCUT2D eigenvalue weighted by atomic mass is 9.98. The molecule has 0 amide bonds. The summed E-state index contributed by atoms with van der Waals surface area (Å²) in [5, 5.41) is 27.0. The van der Waals surface area contributed by atoms with Gasteiger partial charge >= 0.3 is 0 Å². The van der Waals surface area contributed by atoms with Gasteiger partial charge < -0.3 is 30.3 Å². The Kier molecular flexibility index (Phi) is 7.42. The molecule has 2 aliphatic rings. The minimum Gasteiger partial charge on any atom is -0.384 e. The maximum Gasteiger partial charge on any atom is 0.229 e. The number of piperazine rings is 1. The second kappa shape index (κ2) is 10.9. The van der Waals surface area contributed by atoms with Crippen LogP contribution < -0.4 is 15.5 Å². The number of hydrogen-bond donors (Lipinski definition) is 3. The Bertz CT molecular complexity index is 1350. The van der Waals surface area contributed by atoms with Gasteiger partial charge in [0, 0.05) is 50.2 Å². The van der Waals surface area contributed by atoms with E-state index in [1.165, 1.54) is 11.9 Å². The minimum absolute atomic E-state index is 0.300. The fraction of sp³-hybridized carbons (Fsp3) is 0.429. The minimum atomic E-state index is -0.917. The summed E-state index contributed by atoms with van der Waals surface area (Å²) in [7, 11) is 3.84. The lowest BCUT2D eigenvalue weighted by Crippen LogP contribution is -2.44. The number of ether oxygens (including phenoxy) is 1. The van der Waals surface area contributed by atoms with Crippen molar-refractivity contribution in [2.24, 2.45) is 0 Å². The van der Waals surface area contributed by atoms with Gasteiger partial charge in [-0.25, -0.2) is 9.97 Å². The molecule has 1 fully saturated rings. The number of benzene rings is 1. The molecule has 3 aromatic rings. The fourth-order valence-electron chi connectivity index (χ4n) is 5.13. The van der Waals surface area contributed by atoms with Gasteiger partial charge in [0.05, 0.1) is 18.5 Å². The van der Waals surface area contributed by atoms with Crippen molar-refractivity contribution in [3.63, 3.8) is 0 Å². The zero-order chi connectivity index (χ0) is 26.7. The average Bonchev–Trinajstić information content (AvgIpc) is 3.26. The third kappa shape index (κ3) is 5.27. The van der Waals surface area contributed by atoms with Crippen LogP contribution in [0.2, 0.25) is 0 Å². The maximum absolute atomic E-state index is 10.9. The summed E-state index contributed by atoms with van der Waals surface area (Å²) in [4.78, 5) is 18.3. The molecule has 10 nitrogen and oxygen atoms in total. The molecule has 38 heavy (non-hydrogen) atoms.